The molecule has 2 aromatic carbocycles. The number of halogens is 2. The fourth-order valence-corrected chi connectivity index (χ4v) is 2.30. The highest BCUT2D eigenvalue weighted by atomic mass is 19.1. The van der Waals surface area contributed by atoms with Gasteiger partial charge < -0.3 is 4.98 Å². The molecule has 3 aromatic rings. The maximum atomic E-state index is 13.9. The zero-order chi connectivity index (χ0) is 14.3. The Hall–Kier alpha value is -2.49. The predicted molar refractivity (Wildman–Crippen MR) is 72.8 cm³/mol. The summed E-state index contributed by atoms with van der Waals surface area (Å²) in [6.07, 6.45) is 1.46. The van der Waals surface area contributed by atoms with E-state index in [0.29, 0.717) is 11.1 Å². The Kier molecular flexibility index (Phi) is 2.86. The van der Waals surface area contributed by atoms with Crippen molar-refractivity contribution in [2.45, 2.75) is 6.92 Å². The maximum absolute atomic E-state index is 13.9. The number of aromatic amines is 1. The average molecular weight is 271 g/mol. The van der Waals surface area contributed by atoms with Crippen LogP contribution in [0.5, 0.6) is 0 Å². The number of aromatic nitrogens is 1. The number of benzene rings is 2. The van der Waals surface area contributed by atoms with E-state index in [1.54, 1.807) is 19.1 Å². The number of rotatable bonds is 2. The lowest BCUT2D eigenvalue weighted by molar-refractivity contribution is 0.103. The summed E-state index contributed by atoms with van der Waals surface area (Å²) in [4.78, 5) is 15.4. The zero-order valence-electron chi connectivity index (χ0n) is 10.7. The van der Waals surface area contributed by atoms with Crippen LogP contribution in [-0.4, -0.2) is 10.8 Å². The van der Waals surface area contributed by atoms with Gasteiger partial charge in [-0.25, -0.2) is 8.78 Å². The Labute approximate surface area is 114 Å². The SMILES string of the molecule is Cc1ccc(F)cc1C(=O)c1c[nH]c2cccc(F)c12. The molecule has 0 amide bonds. The van der Waals surface area contributed by atoms with E-state index >= 15 is 0 Å². The average Bonchev–Trinajstić information content (AvgIpc) is 2.86. The van der Waals surface area contributed by atoms with Gasteiger partial charge in [0, 0.05) is 22.7 Å². The molecule has 0 saturated carbocycles. The highest BCUT2D eigenvalue weighted by Gasteiger charge is 2.18. The standard InChI is InChI=1S/C16H11F2NO/c1-9-5-6-10(17)7-11(9)16(20)12-8-19-14-4-2-3-13(18)15(12)14/h2-8,19H,1H3. The van der Waals surface area contributed by atoms with Crippen LogP contribution < -0.4 is 0 Å². The molecule has 2 nitrogen and oxygen atoms in total. The first-order valence-electron chi connectivity index (χ1n) is 6.14. The highest BCUT2D eigenvalue weighted by Crippen LogP contribution is 2.25. The third-order valence-corrected chi connectivity index (χ3v) is 3.34. The normalized spacial score (nSPS) is 10.9. The number of hydrogen-bond donors (Lipinski definition) is 1. The largest absolute Gasteiger partial charge is 0.360 e. The third-order valence-electron chi connectivity index (χ3n) is 3.34. The van der Waals surface area contributed by atoms with Crippen LogP contribution >= 0.6 is 0 Å². The molecule has 4 heteroatoms. The molecule has 0 fully saturated rings. The molecule has 0 radical (unpaired) electrons. The monoisotopic (exact) mass is 271 g/mol. The lowest BCUT2D eigenvalue weighted by Gasteiger charge is -2.04. The van der Waals surface area contributed by atoms with Gasteiger partial charge in [0.25, 0.3) is 0 Å². The van der Waals surface area contributed by atoms with Crippen LogP contribution in [0.4, 0.5) is 8.78 Å². The van der Waals surface area contributed by atoms with E-state index < -0.39 is 17.4 Å². The number of ketones is 1. The number of nitrogens with one attached hydrogen (secondary N) is 1. The number of fused-ring (bicyclic) bond motifs is 1. The molecule has 0 spiro atoms. The Morgan fingerprint density at radius 1 is 1.10 bits per heavy atom. The lowest BCUT2D eigenvalue weighted by Crippen LogP contribution is -2.04. The van der Waals surface area contributed by atoms with Crippen molar-refractivity contribution in [3.8, 4) is 0 Å². The summed E-state index contributed by atoms with van der Waals surface area (Å²) >= 11 is 0. The van der Waals surface area contributed by atoms with E-state index in [2.05, 4.69) is 4.98 Å². The van der Waals surface area contributed by atoms with Crippen molar-refractivity contribution in [2.75, 3.05) is 0 Å². The molecule has 0 aliphatic heterocycles. The molecule has 0 aliphatic carbocycles. The van der Waals surface area contributed by atoms with Crippen molar-refractivity contribution in [1.82, 2.24) is 4.98 Å². The van der Waals surface area contributed by atoms with Gasteiger partial charge in [-0.2, -0.15) is 0 Å². The summed E-state index contributed by atoms with van der Waals surface area (Å²) in [7, 11) is 0. The molecule has 100 valence electrons. The second-order valence-electron chi connectivity index (χ2n) is 4.65. The summed E-state index contributed by atoms with van der Waals surface area (Å²) in [6.45, 7) is 1.72. The molecule has 0 bridgehead atoms. The minimum atomic E-state index is -0.487. The number of carbonyl (C=O) groups is 1. The van der Waals surface area contributed by atoms with Crippen molar-refractivity contribution in [3.05, 3.63) is 70.9 Å². The Bertz CT molecular complexity index is 820. The summed E-state index contributed by atoms with van der Waals surface area (Å²) in [5.74, 6) is -1.35. The van der Waals surface area contributed by atoms with Crippen LogP contribution in [0.25, 0.3) is 10.9 Å². The van der Waals surface area contributed by atoms with Gasteiger partial charge in [0.1, 0.15) is 11.6 Å². The van der Waals surface area contributed by atoms with Crippen LogP contribution in [0, 0.1) is 18.6 Å². The fraction of sp³-hybridized carbons (Fsp3) is 0.0625. The summed E-state index contributed by atoms with van der Waals surface area (Å²) < 4.78 is 27.2. The topological polar surface area (TPSA) is 32.9 Å². The van der Waals surface area contributed by atoms with Crippen molar-refractivity contribution >= 4 is 16.7 Å². The molecule has 20 heavy (non-hydrogen) atoms. The lowest BCUT2D eigenvalue weighted by atomic mass is 9.98. The van der Waals surface area contributed by atoms with Crippen molar-refractivity contribution in [1.29, 1.82) is 0 Å². The molecule has 1 aromatic heterocycles. The maximum Gasteiger partial charge on any atom is 0.195 e. The third kappa shape index (κ3) is 1.90. The Morgan fingerprint density at radius 3 is 2.70 bits per heavy atom. The van der Waals surface area contributed by atoms with E-state index in [1.807, 2.05) is 0 Å². The van der Waals surface area contributed by atoms with Gasteiger partial charge in [0.05, 0.1) is 5.56 Å². The van der Waals surface area contributed by atoms with E-state index in [4.69, 9.17) is 0 Å². The molecule has 3 rings (SSSR count). The summed E-state index contributed by atoms with van der Waals surface area (Å²) in [5.41, 5.74) is 1.66. The van der Waals surface area contributed by atoms with Gasteiger partial charge in [-0.05, 0) is 36.8 Å². The molecule has 0 atom stereocenters. The minimum absolute atomic E-state index is 0.215. The first kappa shape index (κ1) is 12.5. The van der Waals surface area contributed by atoms with Crippen molar-refractivity contribution in [3.63, 3.8) is 0 Å². The molecule has 0 saturated heterocycles. The van der Waals surface area contributed by atoms with Gasteiger partial charge in [-0.3, -0.25) is 4.79 Å². The number of aryl methyl sites for hydroxylation is 1. The molecule has 0 aliphatic rings. The molecular formula is C16H11F2NO. The molecular weight excluding hydrogens is 260 g/mol. The van der Waals surface area contributed by atoms with Crippen LogP contribution in [0.3, 0.4) is 0 Å². The van der Waals surface area contributed by atoms with Gasteiger partial charge in [0.15, 0.2) is 5.78 Å². The van der Waals surface area contributed by atoms with E-state index in [1.165, 1.54) is 30.5 Å². The highest BCUT2D eigenvalue weighted by molar-refractivity contribution is 6.17. The van der Waals surface area contributed by atoms with Crippen LogP contribution in [0.2, 0.25) is 0 Å². The van der Waals surface area contributed by atoms with Crippen LogP contribution in [-0.2, 0) is 0 Å². The number of H-pyrrole nitrogens is 1. The van der Waals surface area contributed by atoms with Crippen molar-refractivity contribution < 1.29 is 13.6 Å². The smallest absolute Gasteiger partial charge is 0.195 e. The van der Waals surface area contributed by atoms with Gasteiger partial charge in [-0.1, -0.05) is 12.1 Å². The first-order chi connectivity index (χ1) is 9.58. The number of carbonyl (C=O) groups excluding carboxylic acids is 1. The van der Waals surface area contributed by atoms with Crippen LogP contribution in [0.15, 0.2) is 42.6 Å². The Morgan fingerprint density at radius 2 is 1.90 bits per heavy atom. The van der Waals surface area contributed by atoms with Crippen LogP contribution in [0.1, 0.15) is 21.5 Å². The van der Waals surface area contributed by atoms with Crippen molar-refractivity contribution in [2.24, 2.45) is 0 Å². The van der Waals surface area contributed by atoms with E-state index in [0.717, 1.165) is 0 Å². The second-order valence-corrected chi connectivity index (χ2v) is 4.65. The molecule has 1 heterocycles. The van der Waals surface area contributed by atoms with E-state index in [9.17, 15) is 13.6 Å². The quantitative estimate of drug-likeness (QED) is 0.702. The van der Waals surface area contributed by atoms with Gasteiger partial charge in [-0.15, -0.1) is 0 Å². The minimum Gasteiger partial charge on any atom is -0.360 e. The van der Waals surface area contributed by atoms with E-state index in [-0.39, 0.29) is 16.5 Å². The first-order valence-corrected chi connectivity index (χ1v) is 6.14. The second kappa shape index (κ2) is 4.56. The van der Waals surface area contributed by atoms with Gasteiger partial charge in [0.2, 0.25) is 0 Å². The summed E-state index contributed by atoms with van der Waals surface area (Å²) in [5, 5.41) is 0.237. The van der Waals surface area contributed by atoms with Gasteiger partial charge >= 0.3 is 0 Å². The zero-order valence-corrected chi connectivity index (χ0v) is 10.7. The predicted octanol–water partition coefficient (Wildman–Crippen LogP) is 3.99. The summed E-state index contributed by atoms with van der Waals surface area (Å²) in [6, 6.07) is 8.56. The molecule has 0 unspecified atom stereocenters. The molecule has 1 N–H and O–H groups in total. The fourth-order valence-electron chi connectivity index (χ4n) is 2.30. The number of hydrogen-bond acceptors (Lipinski definition) is 1. The Balaban J connectivity index is 2.21.